The summed E-state index contributed by atoms with van der Waals surface area (Å²) < 4.78 is 10.1. The second kappa shape index (κ2) is 4.04. The molecular formula is C11H12N2O2. The maximum absolute atomic E-state index is 5.39. The summed E-state index contributed by atoms with van der Waals surface area (Å²) in [6.45, 7) is 0. The third kappa shape index (κ3) is 2.28. The average Bonchev–Trinajstić information content (AvgIpc) is 2.64. The molecule has 0 amide bonds. The van der Waals surface area contributed by atoms with Gasteiger partial charge in [-0.15, -0.1) is 0 Å². The minimum absolute atomic E-state index is 0.202. The standard InChI is InChI=1S/C11H12N2O2/c1-14-10-4-2-3-8(6-10)5-9-7-15-11(12)13-9/h2-4,6-7H,5H2,1H3,(H2,12,13). The van der Waals surface area contributed by atoms with Crippen molar-refractivity contribution in [2.45, 2.75) is 6.42 Å². The lowest BCUT2D eigenvalue weighted by molar-refractivity contribution is 0.414. The Morgan fingerprint density at radius 1 is 1.47 bits per heavy atom. The summed E-state index contributed by atoms with van der Waals surface area (Å²) in [6.07, 6.45) is 2.26. The molecule has 0 saturated heterocycles. The molecule has 0 spiro atoms. The lowest BCUT2D eigenvalue weighted by Gasteiger charge is -2.01. The van der Waals surface area contributed by atoms with Crippen LogP contribution in [0.4, 0.5) is 6.01 Å². The molecule has 1 aromatic carbocycles. The van der Waals surface area contributed by atoms with Gasteiger partial charge in [-0.2, -0.15) is 4.98 Å². The summed E-state index contributed by atoms with van der Waals surface area (Å²) in [5.41, 5.74) is 7.32. The monoisotopic (exact) mass is 204 g/mol. The number of methoxy groups -OCH3 is 1. The third-order valence-corrected chi connectivity index (χ3v) is 2.09. The molecule has 1 aromatic heterocycles. The number of oxazole rings is 1. The van der Waals surface area contributed by atoms with Crippen LogP contribution >= 0.6 is 0 Å². The van der Waals surface area contributed by atoms with Gasteiger partial charge in [-0.3, -0.25) is 0 Å². The number of ether oxygens (including phenoxy) is 1. The van der Waals surface area contributed by atoms with Crippen molar-refractivity contribution < 1.29 is 9.15 Å². The minimum Gasteiger partial charge on any atom is -0.497 e. The number of anilines is 1. The number of rotatable bonds is 3. The number of aromatic nitrogens is 1. The number of hydrogen-bond acceptors (Lipinski definition) is 4. The highest BCUT2D eigenvalue weighted by molar-refractivity contribution is 5.31. The van der Waals surface area contributed by atoms with Gasteiger partial charge in [-0.1, -0.05) is 12.1 Å². The highest BCUT2D eigenvalue weighted by Crippen LogP contribution is 2.16. The van der Waals surface area contributed by atoms with Crippen molar-refractivity contribution in [3.8, 4) is 5.75 Å². The van der Waals surface area contributed by atoms with Crippen LogP contribution in [0.2, 0.25) is 0 Å². The molecule has 0 aliphatic rings. The summed E-state index contributed by atoms with van der Waals surface area (Å²) in [5, 5.41) is 0. The van der Waals surface area contributed by atoms with Gasteiger partial charge in [0.25, 0.3) is 6.01 Å². The zero-order chi connectivity index (χ0) is 10.7. The molecule has 0 aliphatic carbocycles. The van der Waals surface area contributed by atoms with E-state index in [0.29, 0.717) is 6.42 Å². The molecule has 2 rings (SSSR count). The van der Waals surface area contributed by atoms with Gasteiger partial charge in [0.15, 0.2) is 0 Å². The van der Waals surface area contributed by atoms with Gasteiger partial charge in [0.1, 0.15) is 12.0 Å². The highest BCUT2D eigenvalue weighted by Gasteiger charge is 2.02. The van der Waals surface area contributed by atoms with Crippen LogP contribution in [-0.4, -0.2) is 12.1 Å². The van der Waals surface area contributed by atoms with E-state index in [1.54, 1.807) is 13.4 Å². The molecule has 15 heavy (non-hydrogen) atoms. The maximum Gasteiger partial charge on any atom is 0.292 e. The molecule has 0 atom stereocenters. The van der Waals surface area contributed by atoms with Crippen molar-refractivity contribution in [3.05, 3.63) is 41.8 Å². The molecular weight excluding hydrogens is 192 g/mol. The maximum atomic E-state index is 5.39. The van der Waals surface area contributed by atoms with E-state index in [1.165, 1.54) is 0 Å². The Hall–Kier alpha value is -1.97. The largest absolute Gasteiger partial charge is 0.497 e. The van der Waals surface area contributed by atoms with Crippen LogP contribution in [0.5, 0.6) is 5.75 Å². The van der Waals surface area contributed by atoms with Gasteiger partial charge in [-0.25, -0.2) is 0 Å². The first kappa shape index (κ1) is 9.58. The third-order valence-electron chi connectivity index (χ3n) is 2.09. The van der Waals surface area contributed by atoms with Crippen molar-refractivity contribution in [3.63, 3.8) is 0 Å². The summed E-state index contributed by atoms with van der Waals surface area (Å²) in [5.74, 6) is 0.837. The second-order valence-electron chi connectivity index (χ2n) is 3.21. The molecule has 4 heteroatoms. The van der Waals surface area contributed by atoms with Gasteiger partial charge >= 0.3 is 0 Å². The molecule has 1 heterocycles. The van der Waals surface area contributed by atoms with E-state index >= 15 is 0 Å². The Morgan fingerprint density at radius 2 is 2.33 bits per heavy atom. The van der Waals surface area contributed by atoms with Crippen LogP contribution in [0, 0.1) is 0 Å². The zero-order valence-electron chi connectivity index (χ0n) is 8.43. The SMILES string of the molecule is COc1cccc(Cc2coc(N)n2)c1. The van der Waals surface area contributed by atoms with Crippen molar-refractivity contribution in [2.24, 2.45) is 0 Å². The smallest absolute Gasteiger partial charge is 0.292 e. The van der Waals surface area contributed by atoms with Crippen LogP contribution in [0.3, 0.4) is 0 Å². The van der Waals surface area contributed by atoms with E-state index in [-0.39, 0.29) is 6.01 Å². The van der Waals surface area contributed by atoms with E-state index < -0.39 is 0 Å². The van der Waals surface area contributed by atoms with E-state index in [0.717, 1.165) is 17.0 Å². The Bertz CT molecular complexity index is 451. The quantitative estimate of drug-likeness (QED) is 0.828. The summed E-state index contributed by atoms with van der Waals surface area (Å²) in [7, 11) is 1.65. The fourth-order valence-electron chi connectivity index (χ4n) is 1.40. The van der Waals surface area contributed by atoms with Crippen LogP contribution in [0.1, 0.15) is 11.3 Å². The van der Waals surface area contributed by atoms with Gasteiger partial charge in [-0.05, 0) is 17.7 Å². The van der Waals surface area contributed by atoms with Crippen molar-refractivity contribution in [1.29, 1.82) is 0 Å². The molecule has 2 aromatic rings. The second-order valence-corrected chi connectivity index (χ2v) is 3.21. The van der Waals surface area contributed by atoms with E-state index in [2.05, 4.69) is 4.98 Å². The Balaban J connectivity index is 2.16. The molecule has 0 unspecified atom stereocenters. The van der Waals surface area contributed by atoms with Gasteiger partial charge < -0.3 is 14.9 Å². The molecule has 0 aliphatic heterocycles. The lowest BCUT2D eigenvalue weighted by atomic mass is 10.1. The first-order valence-electron chi connectivity index (χ1n) is 4.61. The van der Waals surface area contributed by atoms with E-state index in [4.69, 9.17) is 14.9 Å². The predicted octanol–water partition coefficient (Wildman–Crippen LogP) is 1.86. The Labute approximate surface area is 87.7 Å². The van der Waals surface area contributed by atoms with Crippen molar-refractivity contribution >= 4 is 6.01 Å². The molecule has 0 radical (unpaired) electrons. The van der Waals surface area contributed by atoms with Gasteiger partial charge in [0, 0.05) is 6.42 Å². The Kier molecular flexibility index (Phi) is 2.58. The van der Waals surface area contributed by atoms with Gasteiger partial charge in [0.05, 0.1) is 12.8 Å². The first-order chi connectivity index (χ1) is 7.28. The molecule has 0 saturated carbocycles. The number of nitrogens with two attached hydrogens (primary N) is 1. The molecule has 0 fully saturated rings. The fraction of sp³-hybridized carbons (Fsp3) is 0.182. The normalized spacial score (nSPS) is 10.2. The zero-order valence-corrected chi connectivity index (χ0v) is 8.43. The number of hydrogen-bond donors (Lipinski definition) is 1. The summed E-state index contributed by atoms with van der Waals surface area (Å²) in [6, 6.07) is 8.02. The topological polar surface area (TPSA) is 61.3 Å². The van der Waals surface area contributed by atoms with Crippen LogP contribution in [0.15, 0.2) is 34.9 Å². The Morgan fingerprint density at radius 3 is 3.00 bits per heavy atom. The van der Waals surface area contributed by atoms with Crippen LogP contribution in [0.25, 0.3) is 0 Å². The summed E-state index contributed by atoms with van der Waals surface area (Å²) >= 11 is 0. The summed E-state index contributed by atoms with van der Waals surface area (Å²) in [4.78, 5) is 4.03. The first-order valence-corrected chi connectivity index (χ1v) is 4.61. The number of benzene rings is 1. The molecule has 4 nitrogen and oxygen atoms in total. The average molecular weight is 204 g/mol. The van der Waals surface area contributed by atoms with Crippen LogP contribution < -0.4 is 10.5 Å². The molecule has 78 valence electrons. The van der Waals surface area contributed by atoms with Crippen molar-refractivity contribution in [2.75, 3.05) is 12.8 Å². The number of nitrogen functional groups attached to an aromatic ring is 1. The molecule has 0 bridgehead atoms. The lowest BCUT2D eigenvalue weighted by Crippen LogP contribution is -1.91. The van der Waals surface area contributed by atoms with E-state index in [1.807, 2.05) is 24.3 Å². The van der Waals surface area contributed by atoms with Crippen LogP contribution in [-0.2, 0) is 6.42 Å². The highest BCUT2D eigenvalue weighted by atomic mass is 16.5. The molecule has 2 N–H and O–H groups in total. The number of nitrogens with zero attached hydrogens (tertiary/aromatic N) is 1. The van der Waals surface area contributed by atoms with E-state index in [9.17, 15) is 0 Å². The predicted molar refractivity (Wildman–Crippen MR) is 56.7 cm³/mol. The van der Waals surface area contributed by atoms with Crippen molar-refractivity contribution in [1.82, 2.24) is 4.98 Å². The fourth-order valence-corrected chi connectivity index (χ4v) is 1.40. The minimum atomic E-state index is 0.202. The van der Waals surface area contributed by atoms with Gasteiger partial charge in [0.2, 0.25) is 0 Å².